The van der Waals surface area contributed by atoms with Crippen molar-refractivity contribution < 1.29 is 14.6 Å². The number of rotatable bonds is 5. The number of carbonyl (C=O) groups is 1. The molecule has 1 saturated carbocycles. The van der Waals surface area contributed by atoms with Gasteiger partial charge in [0.1, 0.15) is 5.75 Å². The number of anilines is 1. The predicted octanol–water partition coefficient (Wildman–Crippen LogP) is 2.12. The number of benzene rings is 1. The average Bonchev–Trinajstić information content (AvgIpc) is 2.35. The minimum atomic E-state index is -0.704. The molecule has 0 atom stereocenters. The van der Waals surface area contributed by atoms with Crippen molar-refractivity contribution in [2.45, 2.75) is 31.8 Å². The van der Waals surface area contributed by atoms with Crippen molar-refractivity contribution in [3.8, 4) is 5.75 Å². The van der Waals surface area contributed by atoms with Crippen LogP contribution in [0.1, 0.15) is 26.2 Å². The third kappa shape index (κ3) is 3.86. The zero-order valence-corrected chi connectivity index (χ0v) is 11.1. The van der Waals surface area contributed by atoms with Crippen LogP contribution in [0, 0.1) is 0 Å². The van der Waals surface area contributed by atoms with Crippen molar-refractivity contribution in [1.29, 1.82) is 0 Å². The van der Waals surface area contributed by atoms with Crippen molar-refractivity contribution in [1.82, 2.24) is 5.32 Å². The van der Waals surface area contributed by atoms with Crippen LogP contribution < -0.4 is 15.4 Å². The van der Waals surface area contributed by atoms with E-state index in [4.69, 9.17) is 4.74 Å². The van der Waals surface area contributed by atoms with Crippen molar-refractivity contribution in [2.75, 3.05) is 18.5 Å². The molecule has 104 valence electrons. The number of ether oxygens (including phenoxy) is 1. The number of hydrogen-bond acceptors (Lipinski definition) is 3. The summed E-state index contributed by atoms with van der Waals surface area (Å²) >= 11 is 0. The van der Waals surface area contributed by atoms with Crippen LogP contribution in [0.2, 0.25) is 0 Å². The fourth-order valence-corrected chi connectivity index (χ4v) is 2.01. The highest BCUT2D eigenvalue weighted by Crippen LogP contribution is 2.30. The Labute approximate surface area is 113 Å². The second kappa shape index (κ2) is 5.93. The van der Waals surface area contributed by atoms with E-state index in [2.05, 4.69) is 10.6 Å². The lowest BCUT2D eigenvalue weighted by atomic mass is 9.80. The largest absolute Gasteiger partial charge is 0.494 e. The highest BCUT2D eigenvalue weighted by Gasteiger charge is 2.34. The molecule has 2 rings (SSSR count). The first-order valence-corrected chi connectivity index (χ1v) is 6.61. The Morgan fingerprint density at radius 1 is 1.47 bits per heavy atom. The number of hydrogen-bond donors (Lipinski definition) is 3. The highest BCUT2D eigenvalue weighted by molar-refractivity contribution is 5.89. The summed E-state index contributed by atoms with van der Waals surface area (Å²) in [5.41, 5.74) is -0.0334. The molecule has 1 aromatic carbocycles. The van der Waals surface area contributed by atoms with Gasteiger partial charge in [0, 0.05) is 18.3 Å². The van der Waals surface area contributed by atoms with Crippen LogP contribution in [0.3, 0.4) is 0 Å². The van der Waals surface area contributed by atoms with Gasteiger partial charge in [-0.05, 0) is 38.3 Å². The molecule has 1 aliphatic carbocycles. The van der Waals surface area contributed by atoms with Crippen molar-refractivity contribution in [3.63, 3.8) is 0 Å². The topological polar surface area (TPSA) is 70.6 Å². The summed E-state index contributed by atoms with van der Waals surface area (Å²) in [5, 5.41) is 15.3. The molecule has 1 fully saturated rings. The number of urea groups is 1. The van der Waals surface area contributed by atoms with Crippen LogP contribution in [-0.4, -0.2) is 29.9 Å². The van der Waals surface area contributed by atoms with E-state index in [1.54, 1.807) is 12.1 Å². The van der Waals surface area contributed by atoms with E-state index in [1.807, 2.05) is 19.1 Å². The maximum Gasteiger partial charge on any atom is 0.319 e. The van der Waals surface area contributed by atoms with Crippen LogP contribution in [-0.2, 0) is 0 Å². The quantitative estimate of drug-likeness (QED) is 0.763. The highest BCUT2D eigenvalue weighted by atomic mass is 16.5. The van der Waals surface area contributed by atoms with Crippen LogP contribution in [0.15, 0.2) is 24.3 Å². The first-order valence-electron chi connectivity index (χ1n) is 6.61. The average molecular weight is 264 g/mol. The fourth-order valence-electron chi connectivity index (χ4n) is 2.01. The molecular formula is C14H20N2O3. The SMILES string of the molecule is CCOc1cccc(NC(=O)NCC2(O)CCC2)c1. The second-order valence-electron chi connectivity index (χ2n) is 4.85. The Kier molecular flexibility index (Phi) is 4.27. The molecule has 0 heterocycles. The summed E-state index contributed by atoms with van der Waals surface area (Å²) in [6.07, 6.45) is 2.54. The molecule has 0 aliphatic heterocycles. The van der Waals surface area contributed by atoms with Gasteiger partial charge in [-0.3, -0.25) is 0 Å². The summed E-state index contributed by atoms with van der Waals surface area (Å²) in [7, 11) is 0. The molecule has 2 amide bonds. The summed E-state index contributed by atoms with van der Waals surface area (Å²) in [6.45, 7) is 2.79. The Bertz CT molecular complexity index is 444. The molecule has 3 N–H and O–H groups in total. The zero-order chi connectivity index (χ0) is 13.7. The minimum Gasteiger partial charge on any atom is -0.494 e. The Balaban J connectivity index is 1.82. The van der Waals surface area contributed by atoms with Crippen molar-refractivity contribution >= 4 is 11.7 Å². The van der Waals surface area contributed by atoms with E-state index in [0.29, 0.717) is 18.8 Å². The first kappa shape index (κ1) is 13.7. The molecule has 19 heavy (non-hydrogen) atoms. The fraction of sp³-hybridized carbons (Fsp3) is 0.500. The number of aliphatic hydroxyl groups is 1. The smallest absolute Gasteiger partial charge is 0.319 e. The van der Waals surface area contributed by atoms with E-state index < -0.39 is 5.60 Å². The van der Waals surface area contributed by atoms with Crippen molar-refractivity contribution in [3.05, 3.63) is 24.3 Å². The third-order valence-corrected chi connectivity index (χ3v) is 3.27. The number of nitrogens with one attached hydrogen (secondary N) is 2. The van der Waals surface area contributed by atoms with E-state index in [1.165, 1.54) is 0 Å². The molecule has 5 heteroatoms. The Hall–Kier alpha value is -1.75. The van der Waals surface area contributed by atoms with Gasteiger partial charge in [0.05, 0.1) is 12.2 Å². The van der Waals surface area contributed by atoms with Gasteiger partial charge in [0.25, 0.3) is 0 Å². The van der Waals surface area contributed by atoms with Crippen LogP contribution in [0.25, 0.3) is 0 Å². The molecule has 5 nitrogen and oxygen atoms in total. The van der Waals surface area contributed by atoms with Crippen LogP contribution in [0.4, 0.5) is 10.5 Å². The minimum absolute atomic E-state index is 0.296. The van der Waals surface area contributed by atoms with Gasteiger partial charge in [0.2, 0.25) is 0 Å². The van der Waals surface area contributed by atoms with E-state index in [-0.39, 0.29) is 6.03 Å². The van der Waals surface area contributed by atoms with Gasteiger partial charge in [-0.2, -0.15) is 0 Å². The van der Waals surface area contributed by atoms with Crippen molar-refractivity contribution in [2.24, 2.45) is 0 Å². The van der Waals surface area contributed by atoms with Crippen LogP contribution >= 0.6 is 0 Å². The molecule has 0 spiro atoms. The van der Waals surface area contributed by atoms with Gasteiger partial charge in [-0.15, -0.1) is 0 Å². The Morgan fingerprint density at radius 3 is 2.89 bits per heavy atom. The molecule has 0 saturated heterocycles. The maximum absolute atomic E-state index is 11.7. The standard InChI is InChI=1S/C14H20N2O3/c1-2-19-12-6-3-5-11(9-12)16-13(17)15-10-14(18)7-4-8-14/h3,5-6,9,18H,2,4,7-8,10H2,1H3,(H2,15,16,17). The third-order valence-electron chi connectivity index (χ3n) is 3.27. The van der Waals surface area contributed by atoms with Gasteiger partial charge in [-0.1, -0.05) is 6.07 Å². The first-order chi connectivity index (χ1) is 9.11. The molecular weight excluding hydrogens is 244 g/mol. The van der Waals surface area contributed by atoms with Gasteiger partial charge in [-0.25, -0.2) is 4.79 Å². The second-order valence-corrected chi connectivity index (χ2v) is 4.85. The lowest BCUT2D eigenvalue weighted by Crippen LogP contribution is -2.48. The monoisotopic (exact) mass is 264 g/mol. The summed E-state index contributed by atoms with van der Waals surface area (Å²) in [5.74, 6) is 0.720. The maximum atomic E-state index is 11.7. The van der Waals surface area contributed by atoms with E-state index in [0.717, 1.165) is 25.0 Å². The van der Waals surface area contributed by atoms with Gasteiger partial charge in [0.15, 0.2) is 0 Å². The van der Waals surface area contributed by atoms with Crippen LogP contribution in [0.5, 0.6) is 5.75 Å². The lowest BCUT2D eigenvalue weighted by Gasteiger charge is -2.36. The lowest BCUT2D eigenvalue weighted by molar-refractivity contribution is -0.0287. The number of carbonyl (C=O) groups excluding carboxylic acids is 1. The zero-order valence-electron chi connectivity index (χ0n) is 11.1. The summed E-state index contributed by atoms with van der Waals surface area (Å²) < 4.78 is 5.36. The summed E-state index contributed by atoms with van der Waals surface area (Å²) in [6, 6.07) is 6.90. The molecule has 0 bridgehead atoms. The van der Waals surface area contributed by atoms with E-state index in [9.17, 15) is 9.90 Å². The van der Waals surface area contributed by atoms with E-state index >= 15 is 0 Å². The summed E-state index contributed by atoms with van der Waals surface area (Å²) in [4.78, 5) is 11.7. The van der Waals surface area contributed by atoms with Gasteiger partial charge < -0.3 is 20.5 Å². The Morgan fingerprint density at radius 2 is 2.26 bits per heavy atom. The molecule has 0 aromatic heterocycles. The van der Waals surface area contributed by atoms with Gasteiger partial charge >= 0.3 is 6.03 Å². The molecule has 1 aliphatic rings. The molecule has 1 aromatic rings. The molecule has 0 unspecified atom stereocenters. The number of amides is 2. The normalized spacial score (nSPS) is 16.3. The molecule has 0 radical (unpaired) electrons. The predicted molar refractivity (Wildman–Crippen MR) is 73.4 cm³/mol.